The Morgan fingerprint density at radius 3 is 2.70 bits per heavy atom. The van der Waals surface area contributed by atoms with Crippen molar-refractivity contribution in [3.8, 4) is 0 Å². The highest BCUT2D eigenvalue weighted by Crippen LogP contribution is 2.32. The van der Waals surface area contributed by atoms with Crippen molar-refractivity contribution in [3.63, 3.8) is 0 Å². The minimum Gasteiger partial charge on any atom is -0.307 e. The maximum absolute atomic E-state index is 12.3. The molecule has 0 radical (unpaired) electrons. The second-order valence-electron chi connectivity index (χ2n) is 3.70. The van der Waals surface area contributed by atoms with Gasteiger partial charge in [-0.3, -0.25) is 4.72 Å². The molecule has 6 nitrogen and oxygen atoms in total. The summed E-state index contributed by atoms with van der Waals surface area (Å²) in [6.07, 6.45) is 1.43. The van der Waals surface area contributed by atoms with Crippen molar-refractivity contribution in [2.24, 2.45) is 5.84 Å². The van der Waals surface area contributed by atoms with E-state index < -0.39 is 10.0 Å². The first kappa shape index (κ1) is 15.0. The fraction of sp³-hybridized carbons (Fsp3) is 0. The Morgan fingerprint density at radius 2 is 2.00 bits per heavy atom. The number of hydrazine groups is 1. The molecule has 0 amide bonds. The Kier molecular flexibility index (Phi) is 4.48. The Hall–Kier alpha value is -1.35. The van der Waals surface area contributed by atoms with E-state index in [9.17, 15) is 8.42 Å². The largest absolute Gasteiger partial charge is 0.307 e. The highest BCUT2D eigenvalue weighted by atomic mass is 79.9. The predicted molar refractivity (Wildman–Crippen MR) is 82.0 cm³/mol. The maximum Gasteiger partial charge on any atom is 0.265 e. The first-order chi connectivity index (χ1) is 9.45. The zero-order chi connectivity index (χ0) is 14.8. The Balaban J connectivity index is 2.44. The van der Waals surface area contributed by atoms with Crippen LogP contribution in [0, 0.1) is 0 Å². The molecule has 0 saturated carbocycles. The van der Waals surface area contributed by atoms with Crippen molar-refractivity contribution in [1.82, 2.24) is 4.98 Å². The number of hydrogen-bond acceptors (Lipinski definition) is 5. The smallest absolute Gasteiger partial charge is 0.265 e. The van der Waals surface area contributed by atoms with Gasteiger partial charge in [0.1, 0.15) is 4.90 Å². The molecule has 0 saturated heterocycles. The summed E-state index contributed by atoms with van der Waals surface area (Å²) in [4.78, 5) is 3.79. The monoisotopic (exact) mass is 376 g/mol. The number of hydrogen-bond donors (Lipinski definition) is 3. The van der Waals surface area contributed by atoms with E-state index in [2.05, 4.69) is 31.1 Å². The molecule has 106 valence electrons. The van der Waals surface area contributed by atoms with Crippen molar-refractivity contribution in [1.29, 1.82) is 0 Å². The van der Waals surface area contributed by atoms with Crippen LogP contribution >= 0.6 is 27.5 Å². The van der Waals surface area contributed by atoms with Crippen LogP contribution in [0.1, 0.15) is 0 Å². The first-order valence-corrected chi connectivity index (χ1v) is 7.99. The van der Waals surface area contributed by atoms with E-state index in [-0.39, 0.29) is 10.7 Å². The number of nitrogens with zero attached hydrogens (tertiary/aromatic N) is 1. The van der Waals surface area contributed by atoms with Gasteiger partial charge in [0.25, 0.3) is 10.0 Å². The van der Waals surface area contributed by atoms with Crippen molar-refractivity contribution in [2.45, 2.75) is 4.90 Å². The molecule has 0 bridgehead atoms. The summed E-state index contributed by atoms with van der Waals surface area (Å²) in [5.41, 5.74) is 2.57. The molecule has 2 rings (SSSR count). The number of benzene rings is 1. The average Bonchev–Trinajstić information content (AvgIpc) is 2.43. The highest BCUT2D eigenvalue weighted by molar-refractivity contribution is 9.10. The Morgan fingerprint density at radius 1 is 1.25 bits per heavy atom. The highest BCUT2D eigenvalue weighted by Gasteiger charge is 2.20. The van der Waals surface area contributed by atoms with Gasteiger partial charge < -0.3 is 5.43 Å². The van der Waals surface area contributed by atoms with Gasteiger partial charge in [0.15, 0.2) is 5.82 Å². The molecule has 4 N–H and O–H groups in total. The van der Waals surface area contributed by atoms with Gasteiger partial charge in [0.05, 0.1) is 15.2 Å². The molecule has 20 heavy (non-hydrogen) atoms. The minimum atomic E-state index is -3.84. The molecule has 2 aromatic rings. The third-order valence-corrected chi connectivity index (χ3v) is 5.19. The molecule has 0 fully saturated rings. The quantitative estimate of drug-likeness (QED) is 0.562. The summed E-state index contributed by atoms with van der Waals surface area (Å²) in [7, 11) is -3.84. The molecule has 1 aromatic carbocycles. The standard InChI is InChI=1S/C11H10BrClN4O2S/c12-10-7(13)3-1-4-8(10)17-20(18,19)9-5-2-6-15-11(9)16-14/h1-6,17H,14H2,(H,15,16). The van der Waals surface area contributed by atoms with Crippen LogP contribution < -0.4 is 16.0 Å². The number of aromatic nitrogens is 1. The van der Waals surface area contributed by atoms with E-state index >= 15 is 0 Å². The van der Waals surface area contributed by atoms with Gasteiger partial charge in [0.2, 0.25) is 0 Å². The number of rotatable bonds is 4. The number of nitrogens with two attached hydrogens (primary N) is 1. The third kappa shape index (κ3) is 3.04. The predicted octanol–water partition coefficient (Wildman–Crippen LogP) is 2.58. The molecular weight excluding hydrogens is 368 g/mol. The molecule has 0 atom stereocenters. The number of anilines is 2. The zero-order valence-electron chi connectivity index (χ0n) is 9.97. The van der Waals surface area contributed by atoms with Crippen LogP contribution in [0.3, 0.4) is 0 Å². The van der Waals surface area contributed by atoms with E-state index in [1.807, 2.05) is 0 Å². The van der Waals surface area contributed by atoms with Crippen LogP contribution in [0.15, 0.2) is 45.9 Å². The van der Waals surface area contributed by atoms with Crippen LogP contribution in [-0.2, 0) is 10.0 Å². The van der Waals surface area contributed by atoms with Crippen molar-refractivity contribution in [3.05, 3.63) is 46.0 Å². The summed E-state index contributed by atoms with van der Waals surface area (Å²) in [5.74, 6) is 5.31. The molecule has 1 aromatic heterocycles. The van der Waals surface area contributed by atoms with E-state index in [0.29, 0.717) is 15.2 Å². The number of nitrogens with one attached hydrogen (secondary N) is 2. The van der Waals surface area contributed by atoms with Gasteiger partial charge in [-0.05, 0) is 40.2 Å². The van der Waals surface area contributed by atoms with E-state index in [1.54, 1.807) is 18.2 Å². The molecule has 0 aliphatic carbocycles. The number of nitrogen functional groups attached to an aromatic ring is 1. The summed E-state index contributed by atoms with van der Waals surface area (Å²) < 4.78 is 27.5. The molecule has 0 unspecified atom stereocenters. The Bertz CT molecular complexity index is 739. The normalized spacial score (nSPS) is 11.2. The SMILES string of the molecule is NNc1ncccc1S(=O)(=O)Nc1cccc(Cl)c1Br. The molecule has 0 aliphatic rings. The average molecular weight is 378 g/mol. The summed E-state index contributed by atoms with van der Waals surface area (Å²) in [6.45, 7) is 0. The lowest BCUT2D eigenvalue weighted by atomic mass is 10.3. The molecule has 9 heteroatoms. The summed E-state index contributed by atoms with van der Waals surface area (Å²) >= 11 is 9.15. The van der Waals surface area contributed by atoms with Gasteiger partial charge in [-0.2, -0.15) is 0 Å². The van der Waals surface area contributed by atoms with E-state index in [1.165, 1.54) is 18.3 Å². The van der Waals surface area contributed by atoms with Gasteiger partial charge in [-0.25, -0.2) is 19.2 Å². The maximum atomic E-state index is 12.3. The lowest BCUT2D eigenvalue weighted by molar-refractivity contribution is 0.601. The van der Waals surface area contributed by atoms with Crippen LogP contribution in [0.4, 0.5) is 11.5 Å². The molecule has 0 aliphatic heterocycles. The van der Waals surface area contributed by atoms with Gasteiger partial charge >= 0.3 is 0 Å². The fourth-order valence-electron chi connectivity index (χ4n) is 1.50. The van der Waals surface area contributed by atoms with Crippen LogP contribution in [0.5, 0.6) is 0 Å². The first-order valence-electron chi connectivity index (χ1n) is 5.34. The Labute approximate surface area is 129 Å². The number of halogens is 2. The van der Waals surface area contributed by atoms with Crippen molar-refractivity contribution >= 4 is 49.1 Å². The van der Waals surface area contributed by atoms with Crippen molar-refractivity contribution in [2.75, 3.05) is 10.1 Å². The van der Waals surface area contributed by atoms with E-state index in [4.69, 9.17) is 17.4 Å². The summed E-state index contributed by atoms with van der Waals surface area (Å²) in [6, 6.07) is 7.75. The lowest BCUT2D eigenvalue weighted by Gasteiger charge is -2.12. The van der Waals surface area contributed by atoms with Gasteiger partial charge in [-0.15, -0.1) is 0 Å². The topological polar surface area (TPSA) is 97.1 Å². The lowest BCUT2D eigenvalue weighted by Crippen LogP contribution is -2.18. The molecule has 1 heterocycles. The third-order valence-electron chi connectivity index (χ3n) is 2.39. The summed E-state index contributed by atoms with van der Waals surface area (Å²) in [5, 5.41) is 0.397. The number of sulfonamides is 1. The van der Waals surface area contributed by atoms with E-state index in [0.717, 1.165) is 0 Å². The van der Waals surface area contributed by atoms with Gasteiger partial charge in [-0.1, -0.05) is 17.7 Å². The second kappa shape index (κ2) is 5.96. The number of pyridine rings is 1. The molecular formula is C11H10BrClN4O2S. The fourth-order valence-corrected chi connectivity index (χ4v) is 3.36. The van der Waals surface area contributed by atoms with Crippen molar-refractivity contribution < 1.29 is 8.42 Å². The second-order valence-corrected chi connectivity index (χ2v) is 6.55. The minimum absolute atomic E-state index is 0.0538. The zero-order valence-corrected chi connectivity index (χ0v) is 13.1. The van der Waals surface area contributed by atoms with Crippen LogP contribution in [0.25, 0.3) is 0 Å². The molecule has 0 spiro atoms. The van der Waals surface area contributed by atoms with Gasteiger partial charge in [0, 0.05) is 6.20 Å². The van der Waals surface area contributed by atoms with Crippen LogP contribution in [0.2, 0.25) is 5.02 Å². The van der Waals surface area contributed by atoms with Crippen LogP contribution in [-0.4, -0.2) is 13.4 Å².